The number of benzene rings is 1. The number of aryl methyl sites for hydroxylation is 2. The summed E-state index contributed by atoms with van der Waals surface area (Å²) in [6, 6.07) is 12.2. The van der Waals surface area contributed by atoms with E-state index in [9.17, 15) is 5.11 Å². The fourth-order valence-electron chi connectivity index (χ4n) is 2.41. The second kappa shape index (κ2) is 6.02. The van der Waals surface area contributed by atoms with Gasteiger partial charge in [0.25, 0.3) is 0 Å². The summed E-state index contributed by atoms with van der Waals surface area (Å²) in [7, 11) is 0. The molecule has 0 spiro atoms. The molecule has 0 amide bonds. The molecule has 0 bridgehead atoms. The summed E-state index contributed by atoms with van der Waals surface area (Å²) < 4.78 is 1.97. The molecule has 0 saturated carbocycles. The zero-order valence-electron chi connectivity index (χ0n) is 11.9. The normalized spacial score (nSPS) is 14.3. The van der Waals surface area contributed by atoms with Crippen LogP contribution in [0.2, 0.25) is 0 Å². The van der Waals surface area contributed by atoms with Crippen molar-refractivity contribution in [3.63, 3.8) is 0 Å². The van der Waals surface area contributed by atoms with E-state index in [1.165, 1.54) is 5.56 Å². The Morgan fingerprint density at radius 2 is 1.95 bits per heavy atom. The Morgan fingerprint density at radius 3 is 2.58 bits per heavy atom. The molecule has 0 aliphatic rings. The SMILES string of the molecule is CCn1nc(C)cc1CC(O)C(C)c1ccccc1. The van der Waals surface area contributed by atoms with Gasteiger partial charge in [0.05, 0.1) is 11.8 Å². The van der Waals surface area contributed by atoms with Gasteiger partial charge in [-0.1, -0.05) is 37.3 Å². The van der Waals surface area contributed by atoms with E-state index in [0.29, 0.717) is 6.42 Å². The highest BCUT2D eigenvalue weighted by Gasteiger charge is 2.18. The molecule has 0 radical (unpaired) electrons. The minimum Gasteiger partial charge on any atom is -0.392 e. The molecule has 2 rings (SSSR count). The van der Waals surface area contributed by atoms with Crippen LogP contribution in [0.4, 0.5) is 0 Å². The summed E-state index contributed by atoms with van der Waals surface area (Å²) in [5.41, 5.74) is 3.29. The number of hydrogen-bond donors (Lipinski definition) is 1. The lowest BCUT2D eigenvalue weighted by molar-refractivity contribution is 0.147. The minimum absolute atomic E-state index is 0.127. The molecule has 0 saturated heterocycles. The maximum atomic E-state index is 10.4. The molecular weight excluding hydrogens is 236 g/mol. The summed E-state index contributed by atoms with van der Waals surface area (Å²) in [6.07, 6.45) is 0.258. The number of aromatic nitrogens is 2. The van der Waals surface area contributed by atoms with Crippen molar-refractivity contribution in [2.24, 2.45) is 0 Å². The molecule has 19 heavy (non-hydrogen) atoms. The number of rotatable bonds is 5. The van der Waals surface area contributed by atoms with Crippen LogP contribution in [0.25, 0.3) is 0 Å². The van der Waals surface area contributed by atoms with Crippen molar-refractivity contribution in [1.29, 1.82) is 0 Å². The standard InChI is InChI=1S/C16H22N2O/c1-4-18-15(10-12(2)17-18)11-16(19)13(3)14-8-6-5-7-9-14/h5-10,13,16,19H,4,11H2,1-3H3. The van der Waals surface area contributed by atoms with E-state index in [0.717, 1.165) is 17.9 Å². The van der Waals surface area contributed by atoms with Gasteiger partial charge in [-0.05, 0) is 25.5 Å². The first kappa shape index (κ1) is 13.8. The van der Waals surface area contributed by atoms with Crippen LogP contribution in [0.1, 0.15) is 36.7 Å². The van der Waals surface area contributed by atoms with Gasteiger partial charge in [-0.15, -0.1) is 0 Å². The molecule has 3 heteroatoms. The Hall–Kier alpha value is -1.61. The van der Waals surface area contributed by atoms with Crippen molar-refractivity contribution in [3.05, 3.63) is 53.3 Å². The number of nitrogens with zero attached hydrogens (tertiary/aromatic N) is 2. The van der Waals surface area contributed by atoms with E-state index < -0.39 is 0 Å². The highest BCUT2D eigenvalue weighted by atomic mass is 16.3. The van der Waals surface area contributed by atoms with E-state index >= 15 is 0 Å². The quantitative estimate of drug-likeness (QED) is 0.895. The summed E-state index contributed by atoms with van der Waals surface area (Å²) in [4.78, 5) is 0. The van der Waals surface area contributed by atoms with Crippen LogP contribution < -0.4 is 0 Å². The molecule has 0 aliphatic carbocycles. The van der Waals surface area contributed by atoms with Crippen molar-refractivity contribution < 1.29 is 5.11 Å². The second-order valence-electron chi connectivity index (χ2n) is 5.06. The molecule has 0 fully saturated rings. The van der Waals surface area contributed by atoms with Crippen LogP contribution in [0, 0.1) is 6.92 Å². The third-order valence-electron chi connectivity index (χ3n) is 3.61. The fraction of sp³-hybridized carbons (Fsp3) is 0.438. The molecule has 1 aromatic carbocycles. The van der Waals surface area contributed by atoms with Crippen LogP contribution >= 0.6 is 0 Å². The van der Waals surface area contributed by atoms with Gasteiger partial charge >= 0.3 is 0 Å². The van der Waals surface area contributed by atoms with Gasteiger partial charge in [-0.3, -0.25) is 4.68 Å². The van der Waals surface area contributed by atoms with Crippen LogP contribution in [0.15, 0.2) is 36.4 Å². The average Bonchev–Trinajstić information content (AvgIpc) is 2.78. The van der Waals surface area contributed by atoms with Crippen LogP contribution in [-0.4, -0.2) is 21.0 Å². The molecule has 1 N–H and O–H groups in total. The van der Waals surface area contributed by atoms with Crippen molar-refractivity contribution in [1.82, 2.24) is 9.78 Å². The van der Waals surface area contributed by atoms with Crippen molar-refractivity contribution in [2.75, 3.05) is 0 Å². The largest absolute Gasteiger partial charge is 0.392 e. The van der Waals surface area contributed by atoms with Crippen LogP contribution in [-0.2, 0) is 13.0 Å². The maximum absolute atomic E-state index is 10.4. The number of aliphatic hydroxyl groups excluding tert-OH is 1. The van der Waals surface area contributed by atoms with Crippen molar-refractivity contribution in [3.8, 4) is 0 Å². The Morgan fingerprint density at radius 1 is 1.26 bits per heavy atom. The first-order chi connectivity index (χ1) is 9.11. The smallest absolute Gasteiger partial charge is 0.0661 e. The second-order valence-corrected chi connectivity index (χ2v) is 5.06. The van der Waals surface area contributed by atoms with Crippen molar-refractivity contribution >= 4 is 0 Å². The summed E-state index contributed by atoms with van der Waals surface area (Å²) >= 11 is 0. The van der Waals surface area contributed by atoms with Gasteiger partial charge in [-0.25, -0.2) is 0 Å². The van der Waals surface area contributed by atoms with E-state index in [1.54, 1.807) is 0 Å². The average molecular weight is 258 g/mol. The number of hydrogen-bond acceptors (Lipinski definition) is 2. The van der Waals surface area contributed by atoms with Gasteiger partial charge in [0.2, 0.25) is 0 Å². The predicted octanol–water partition coefficient (Wildman–Crippen LogP) is 2.92. The monoisotopic (exact) mass is 258 g/mol. The van der Waals surface area contributed by atoms with E-state index in [4.69, 9.17) is 0 Å². The molecule has 2 unspecified atom stereocenters. The lowest BCUT2D eigenvalue weighted by atomic mass is 9.92. The maximum Gasteiger partial charge on any atom is 0.0661 e. The summed E-state index contributed by atoms with van der Waals surface area (Å²) in [5, 5.41) is 14.8. The topological polar surface area (TPSA) is 38.0 Å². The Labute approximate surface area is 114 Å². The van der Waals surface area contributed by atoms with Crippen LogP contribution in [0.5, 0.6) is 0 Å². The highest BCUT2D eigenvalue weighted by molar-refractivity contribution is 5.21. The third-order valence-corrected chi connectivity index (χ3v) is 3.61. The number of aliphatic hydroxyl groups is 1. The Balaban J connectivity index is 2.10. The minimum atomic E-state index is -0.385. The first-order valence-electron chi connectivity index (χ1n) is 6.88. The molecule has 3 nitrogen and oxygen atoms in total. The molecule has 2 aromatic rings. The molecule has 1 aromatic heterocycles. The van der Waals surface area contributed by atoms with E-state index in [2.05, 4.69) is 37.1 Å². The van der Waals surface area contributed by atoms with Crippen LogP contribution in [0.3, 0.4) is 0 Å². The van der Waals surface area contributed by atoms with Gasteiger partial charge in [-0.2, -0.15) is 5.10 Å². The molecule has 0 aliphatic heterocycles. The zero-order chi connectivity index (χ0) is 13.8. The highest BCUT2D eigenvalue weighted by Crippen LogP contribution is 2.21. The molecular formula is C16H22N2O. The summed E-state index contributed by atoms with van der Waals surface area (Å²) in [6.45, 7) is 6.97. The van der Waals surface area contributed by atoms with E-state index in [-0.39, 0.29) is 12.0 Å². The summed E-state index contributed by atoms with van der Waals surface area (Å²) in [5.74, 6) is 0.127. The van der Waals surface area contributed by atoms with Gasteiger partial charge in [0, 0.05) is 24.6 Å². The lowest BCUT2D eigenvalue weighted by Gasteiger charge is -2.19. The zero-order valence-corrected chi connectivity index (χ0v) is 11.9. The first-order valence-corrected chi connectivity index (χ1v) is 6.88. The predicted molar refractivity (Wildman–Crippen MR) is 77.2 cm³/mol. The fourth-order valence-corrected chi connectivity index (χ4v) is 2.41. The van der Waals surface area contributed by atoms with E-state index in [1.807, 2.05) is 29.8 Å². The Kier molecular flexibility index (Phi) is 4.38. The Bertz CT molecular complexity index is 519. The third kappa shape index (κ3) is 3.24. The molecule has 2 atom stereocenters. The van der Waals surface area contributed by atoms with Gasteiger partial charge < -0.3 is 5.11 Å². The molecule has 1 heterocycles. The van der Waals surface area contributed by atoms with Crippen molar-refractivity contribution in [2.45, 2.75) is 45.8 Å². The lowest BCUT2D eigenvalue weighted by Crippen LogP contribution is -2.20. The molecule has 102 valence electrons. The van der Waals surface area contributed by atoms with Gasteiger partial charge in [0.15, 0.2) is 0 Å². The van der Waals surface area contributed by atoms with Gasteiger partial charge in [0.1, 0.15) is 0 Å².